The Morgan fingerprint density at radius 3 is 2.70 bits per heavy atom. The quantitative estimate of drug-likeness (QED) is 0.791. The molecule has 0 saturated carbocycles. The molecule has 20 heavy (non-hydrogen) atoms. The molecule has 0 spiro atoms. The first-order chi connectivity index (χ1) is 9.47. The molecule has 0 radical (unpaired) electrons. The summed E-state index contributed by atoms with van der Waals surface area (Å²) in [6.45, 7) is 2.26. The van der Waals surface area contributed by atoms with Crippen molar-refractivity contribution in [3.63, 3.8) is 0 Å². The number of esters is 1. The molecule has 0 N–H and O–H groups in total. The summed E-state index contributed by atoms with van der Waals surface area (Å²) in [5.41, 5.74) is 1.68. The average Bonchev–Trinajstić information content (AvgIpc) is 2.82. The number of methoxy groups -OCH3 is 2. The molecule has 108 valence electrons. The highest BCUT2D eigenvalue weighted by atomic mass is 79.9. The summed E-state index contributed by atoms with van der Waals surface area (Å²) < 4.78 is 10.9. The molecular formula is C14H16BrNO4. The van der Waals surface area contributed by atoms with E-state index in [1.807, 2.05) is 19.1 Å². The van der Waals surface area contributed by atoms with Gasteiger partial charge in [-0.3, -0.25) is 9.59 Å². The summed E-state index contributed by atoms with van der Waals surface area (Å²) in [6.07, 6.45) is 0.172. The zero-order chi connectivity index (χ0) is 14.9. The smallest absolute Gasteiger partial charge is 0.311 e. The number of carbonyl (C=O) groups excluding carboxylic acids is 2. The Balaban J connectivity index is 2.35. The van der Waals surface area contributed by atoms with Crippen LogP contribution in [0.4, 0.5) is 5.69 Å². The number of ether oxygens (including phenoxy) is 2. The van der Waals surface area contributed by atoms with Crippen molar-refractivity contribution in [2.75, 3.05) is 25.7 Å². The highest BCUT2D eigenvalue weighted by molar-refractivity contribution is 9.10. The van der Waals surface area contributed by atoms with Gasteiger partial charge in [-0.1, -0.05) is 15.9 Å². The third-order valence-corrected chi connectivity index (χ3v) is 4.26. The molecule has 5 nitrogen and oxygen atoms in total. The van der Waals surface area contributed by atoms with E-state index >= 15 is 0 Å². The van der Waals surface area contributed by atoms with Crippen LogP contribution >= 0.6 is 15.9 Å². The van der Waals surface area contributed by atoms with E-state index < -0.39 is 5.92 Å². The van der Waals surface area contributed by atoms with E-state index in [0.717, 1.165) is 10.0 Å². The van der Waals surface area contributed by atoms with Gasteiger partial charge in [-0.25, -0.2) is 0 Å². The van der Waals surface area contributed by atoms with Crippen molar-refractivity contribution in [3.05, 3.63) is 22.2 Å². The van der Waals surface area contributed by atoms with Crippen molar-refractivity contribution in [1.29, 1.82) is 0 Å². The van der Waals surface area contributed by atoms with Crippen molar-refractivity contribution < 1.29 is 19.1 Å². The first-order valence-corrected chi connectivity index (χ1v) is 6.99. The average molecular weight is 342 g/mol. The topological polar surface area (TPSA) is 55.8 Å². The highest BCUT2D eigenvalue weighted by Gasteiger charge is 2.37. The number of amides is 1. The highest BCUT2D eigenvalue weighted by Crippen LogP contribution is 2.37. The van der Waals surface area contributed by atoms with Crippen molar-refractivity contribution in [3.8, 4) is 5.75 Å². The molecular weight excluding hydrogens is 326 g/mol. The molecule has 0 bridgehead atoms. The third kappa shape index (κ3) is 2.65. The number of hydrogen-bond acceptors (Lipinski definition) is 4. The van der Waals surface area contributed by atoms with Gasteiger partial charge >= 0.3 is 5.97 Å². The van der Waals surface area contributed by atoms with E-state index in [1.165, 1.54) is 7.11 Å². The van der Waals surface area contributed by atoms with Crippen LogP contribution in [-0.4, -0.2) is 32.6 Å². The lowest BCUT2D eigenvalue weighted by atomic mass is 10.1. The van der Waals surface area contributed by atoms with Crippen molar-refractivity contribution in [2.45, 2.75) is 13.3 Å². The molecule has 1 aliphatic heterocycles. The standard InChI is InChI=1S/C14H16BrNO4/c1-8-4-11(12(19-2)6-10(8)15)16-7-9(5-13(16)17)14(18)20-3/h4,6,9H,5,7H2,1-3H3. The van der Waals surface area contributed by atoms with E-state index in [-0.39, 0.29) is 18.3 Å². The van der Waals surface area contributed by atoms with Crippen LogP contribution in [0.5, 0.6) is 5.75 Å². The molecule has 2 rings (SSSR count). The predicted octanol–water partition coefficient (Wildman–Crippen LogP) is 2.29. The number of hydrogen-bond donors (Lipinski definition) is 0. The second-order valence-corrected chi connectivity index (χ2v) is 5.56. The van der Waals surface area contributed by atoms with Crippen LogP contribution in [0.15, 0.2) is 16.6 Å². The van der Waals surface area contributed by atoms with Gasteiger partial charge in [0.1, 0.15) is 5.75 Å². The molecule has 0 aromatic heterocycles. The van der Waals surface area contributed by atoms with E-state index in [4.69, 9.17) is 9.47 Å². The number of nitrogens with zero attached hydrogens (tertiary/aromatic N) is 1. The molecule has 6 heteroatoms. The minimum atomic E-state index is -0.416. The van der Waals surface area contributed by atoms with Crippen molar-refractivity contribution in [1.82, 2.24) is 0 Å². The summed E-state index contributed by atoms with van der Waals surface area (Å²) in [4.78, 5) is 25.3. The monoisotopic (exact) mass is 341 g/mol. The summed E-state index contributed by atoms with van der Waals surface area (Å²) in [5, 5.41) is 0. The van der Waals surface area contributed by atoms with Gasteiger partial charge in [-0.15, -0.1) is 0 Å². The Kier molecular flexibility index (Phi) is 4.32. The van der Waals surface area contributed by atoms with Crippen molar-refractivity contribution >= 4 is 33.5 Å². The molecule has 1 saturated heterocycles. The number of halogens is 1. The van der Waals surface area contributed by atoms with Crippen LogP contribution in [0.3, 0.4) is 0 Å². The van der Waals surface area contributed by atoms with Crippen LogP contribution in [0.25, 0.3) is 0 Å². The Morgan fingerprint density at radius 2 is 2.10 bits per heavy atom. The normalized spacial score (nSPS) is 18.3. The Labute approximate surface area is 126 Å². The molecule has 0 aliphatic carbocycles. The third-order valence-electron chi connectivity index (χ3n) is 3.41. The van der Waals surface area contributed by atoms with Gasteiger partial charge in [0.15, 0.2) is 0 Å². The summed E-state index contributed by atoms with van der Waals surface area (Å²) >= 11 is 3.43. The molecule has 1 aromatic carbocycles. The Bertz CT molecular complexity index is 558. The van der Waals surface area contributed by atoms with Crippen LogP contribution in [0.1, 0.15) is 12.0 Å². The van der Waals surface area contributed by atoms with E-state index in [1.54, 1.807) is 12.0 Å². The number of benzene rings is 1. The maximum atomic E-state index is 12.1. The van der Waals surface area contributed by atoms with E-state index in [0.29, 0.717) is 18.0 Å². The van der Waals surface area contributed by atoms with E-state index in [9.17, 15) is 9.59 Å². The van der Waals surface area contributed by atoms with Gasteiger partial charge in [-0.2, -0.15) is 0 Å². The second-order valence-electron chi connectivity index (χ2n) is 4.70. The zero-order valence-corrected chi connectivity index (χ0v) is 13.2. The van der Waals surface area contributed by atoms with Crippen molar-refractivity contribution in [2.24, 2.45) is 5.92 Å². The lowest BCUT2D eigenvalue weighted by molar-refractivity contribution is -0.145. The largest absolute Gasteiger partial charge is 0.495 e. The second kappa shape index (κ2) is 5.83. The minimum Gasteiger partial charge on any atom is -0.495 e. The first-order valence-electron chi connectivity index (χ1n) is 6.20. The van der Waals surface area contributed by atoms with Crippen LogP contribution in [-0.2, 0) is 14.3 Å². The molecule has 1 atom stereocenters. The predicted molar refractivity (Wildman–Crippen MR) is 77.9 cm³/mol. The minimum absolute atomic E-state index is 0.0968. The molecule has 1 amide bonds. The maximum Gasteiger partial charge on any atom is 0.311 e. The number of rotatable bonds is 3. The van der Waals surface area contributed by atoms with Gasteiger partial charge in [0, 0.05) is 17.4 Å². The molecule has 1 fully saturated rings. The first kappa shape index (κ1) is 14.8. The van der Waals surface area contributed by atoms with Crippen LogP contribution in [0, 0.1) is 12.8 Å². The van der Waals surface area contributed by atoms with Gasteiger partial charge in [-0.05, 0) is 24.6 Å². The van der Waals surface area contributed by atoms with Gasteiger partial charge in [0.25, 0.3) is 0 Å². The number of carbonyl (C=O) groups is 2. The van der Waals surface area contributed by atoms with E-state index in [2.05, 4.69) is 15.9 Å². The lowest BCUT2D eigenvalue weighted by Gasteiger charge is -2.20. The number of anilines is 1. The summed E-state index contributed by atoms with van der Waals surface area (Å²) in [7, 11) is 2.89. The molecule has 1 aromatic rings. The fourth-order valence-corrected chi connectivity index (χ4v) is 2.61. The summed E-state index contributed by atoms with van der Waals surface area (Å²) in [6, 6.07) is 3.70. The zero-order valence-electron chi connectivity index (χ0n) is 11.6. The SMILES string of the molecule is COC(=O)C1CC(=O)N(c2cc(C)c(Br)cc2OC)C1. The Morgan fingerprint density at radius 1 is 1.40 bits per heavy atom. The fraction of sp³-hybridized carbons (Fsp3) is 0.429. The lowest BCUT2D eigenvalue weighted by Crippen LogP contribution is -2.26. The van der Waals surface area contributed by atoms with Crippen LogP contribution < -0.4 is 9.64 Å². The van der Waals surface area contributed by atoms with Gasteiger partial charge in [0.2, 0.25) is 5.91 Å². The molecule has 1 heterocycles. The van der Waals surface area contributed by atoms with Gasteiger partial charge in [0.05, 0.1) is 25.8 Å². The van der Waals surface area contributed by atoms with Crippen LogP contribution in [0.2, 0.25) is 0 Å². The maximum absolute atomic E-state index is 12.1. The number of aryl methyl sites for hydroxylation is 1. The molecule has 1 unspecified atom stereocenters. The van der Waals surface area contributed by atoms with Gasteiger partial charge < -0.3 is 14.4 Å². The summed E-state index contributed by atoms with van der Waals surface area (Å²) in [5.74, 6) is -0.267. The Hall–Kier alpha value is -1.56. The molecule has 1 aliphatic rings. The fourth-order valence-electron chi connectivity index (χ4n) is 2.29.